The Hall–Kier alpha value is -3.35. The zero-order valence-electron chi connectivity index (χ0n) is 18.1. The van der Waals surface area contributed by atoms with Crippen LogP contribution >= 0.6 is 0 Å². The van der Waals surface area contributed by atoms with E-state index >= 15 is 0 Å². The molecule has 2 aromatic carbocycles. The van der Waals surface area contributed by atoms with Gasteiger partial charge < -0.3 is 19.7 Å². The largest absolute Gasteiger partial charge is 0.465 e. The number of fused-ring (bicyclic) bond motifs is 1. The summed E-state index contributed by atoms with van der Waals surface area (Å²) in [6.07, 6.45) is 0.752. The highest BCUT2D eigenvalue weighted by molar-refractivity contribution is 6.09. The summed E-state index contributed by atoms with van der Waals surface area (Å²) in [5, 5.41) is 2.70. The summed E-state index contributed by atoms with van der Waals surface area (Å²) in [4.78, 5) is 39.0. The van der Waals surface area contributed by atoms with Crippen LogP contribution in [0.1, 0.15) is 48.2 Å². The summed E-state index contributed by atoms with van der Waals surface area (Å²) in [6.45, 7) is 4.66. The molecule has 3 rings (SSSR count). The van der Waals surface area contributed by atoms with Gasteiger partial charge in [-0.05, 0) is 36.1 Å². The molecule has 1 N–H and O–H groups in total. The molecule has 2 aromatic rings. The van der Waals surface area contributed by atoms with E-state index in [2.05, 4.69) is 5.32 Å². The number of hydrogen-bond acceptors (Lipinski definition) is 5. The molecule has 7 heteroatoms. The van der Waals surface area contributed by atoms with Crippen LogP contribution in [0.5, 0.6) is 0 Å². The molecule has 0 unspecified atom stereocenters. The Kier molecular flexibility index (Phi) is 6.95. The first kappa shape index (κ1) is 22.3. The van der Waals surface area contributed by atoms with Crippen molar-refractivity contribution < 1.29 is 23.9 Å². The molecule has 0 atom stereocenters. The number of amides is 2. The Bertz CT molecular complexity index is 954. The summed E-state index contributed by atoms with van der Waals surface area (Å²) in [6, 6.07) is 14.6. The molecule has 2 amide bonds. The number of rotatable bonds is 8. The minimum Gasteiger partial charge on any atom is -0.465 e. The minimum absolute atomic E-state index is 0.0195. The van der Waals surface area contributed by atoms with Crippen molar-refractivity contribution in [2.45, 2.75) is 38.7 Å². The number of nitrogens with one attached hydrogen (secondary N) is 1. The fourth-order valence-corrected chi connectivity index (χ4v) is 4.09. The SMILES string of the molecule is CCC1(CC)C(=O)N(CCNC(=O)OCc2ccccc2)c2cc(C(=O)OC)ccc21. The molecule has 0 aromatic heterocycles. The van der Waals surface area contributed by atoms with Crippen LogP contribution in [0.2, 0.25) is 0 Å². The average Bonchev–Trinajstić information content (AvgIpc) is 3.04. The van der Waals surface area contributed by atoms with Gasteiger partial charge in [-0.1, -0.05) is 50.2 Å². The number of carbonyl (C=O) groups is 3. The van der Waals surface area contributed by atoms with Gasteiger partial charge in [-0.3, -0.25) is 4.79 Å². The zero-order chi connectivity index (χ0) is 22.4. The maximum absolute atomic E-state index is 13.3. The van der Waals surface area contributed by atoms with Crippen LogP contribution < -0.4 is 10.2 Å². The van der Waals surface area contributed by atoms with Crippen LogP contribution in [-0.4, -0.2) is 38.2 Å². The predicted molar refractivity (Wildman–Crippen MR) is 117 cm³/mol. The Morgan fingerprint density at radius 1 is 1.06 bits per heavy atom. The van der Waals surface area contributed by atoms with Crippen LogP contribution in [0.4, 0.5) is 10.5 Å². The molecule has 7 nitrogen and oxygen atoms in total. The molecule has 0 spiro atoms. The second-order valence-corrected chi connectivity index (χ2v) is 7.46. The molecule has 0 radical (unpaired) electrons. The van der Waals surface area contributed by atoms with Crippen molar-refractivity contribution in [2.75, 3.05) is 25.1 Å². The molecule has 0 bridgehead atoms. The third kappa shape index (κ3) is 4.40. The molecule has 1 aliphatic heterocycles. The van der Waals surface area contributed by atoms with Gasteiger partial charge in [-0.15, -0.1) is 0 Å². The Morgan fingerprint density at radius 3 is 2.42 bits per heavy atom. The van der Waals surface area contributed by atoms with Crippen molar-refractivity contribution in [3.8, 4) is 0 Å². The summed E-state index contributed by atoms with van der Waals surface area (Å²) in [5.41, 5.74) is 2.25. The van der Waals surface area contributed by atoms with Gasteiger partial charge in [0.2, 0.25) is 5.91 Å². The first-order valence-corrected chi connectivity index (χ1v) is 10.5. The summed E-state index contributed by atoms with van der Waals surface area (Å²) in [7, 11) is 1.33. The van der Waals surface area contributed by atoms with Crippen LogP contribution in [0.15, 0.2) is 48.5 Å². The van der Waals surface area contributed by atoms with Crippen molar-refractivity contribution in [3.05, 3.63) is 65.2 Å². The fourth-order valence-electron chi connectivity index (χ4n) is 4.09. The monoisotopic (exact) mass is 424 g/mol. The van der Waals surface area contributed by atoms with Gasteiger partial charge in [0, 0.05) is 18.8 Å². The molecular formula is C24H28N2O5. The quantitative estimate of drug-likeness (QED) is 0.652. The van der Waals surface area contributed by atoms with Gasteiger partial charge >= 0.3 is 12.1 Å². The normalized spacial score (nSPS) is 14.2. The molecule has 0 fully saturated rings. The summed E-state index contributed by atoms with van der Waals surface area (Å²) >= 11 is 0. The lowest BCUT2D eigenvalue weighted by Gasteiger charge is -2.26. The third-order valence-electron chi connectivity index (χ3n) is 5.90. The lowest BCUT2D eigenvalue weighted by Crippen LogP contribution is -2.43. The van der Waals surface area contributed by atoms with Crippen LogP contribution in [-0.2, 0) is 26.3 Å². The van der Waals surface area contributed by atoms with Crippen molar-refractivity contribution in [1.82, 2.24) is 5.32 Å². The second-order valence-electron chi connectivity index (χ2n) is 7.46. The summed E-state index contributed by atoms with van der Waals surface area (Å²) in [5.74, 6) is -0.475. The number of carbonyl (C=O) groups excluding carboxylic acids is 3. The van der Waals surface area contributed by atoms with E-state index in [1.54, 1.807) is 17.0 Å². The number of alkyl carbamates (subject to hydrolysis) is 1. The third-order valence-corrected chi connectivity index (χ3v) is 5.90. The minimum atomic E-state index is -0.627. The van der Waals surface area contributed by atoms with E-state index in [4.69, 9.17) is 9.47 Å². The van der Waals surface area contributed by atoms with Crippen molar-refractivity contribution in [1.29, 1.82) is 0 Å². The number of methoxy groups -OCH3 is 1. The smallest absolute Gasteiger partial charge is 0.407 e. The molecule has 0 saturated heterocycles. The topological polar surface area (TPSA) is 84.9 Å². The van der Waals surface area contributed by atoms with E-state index in [1.807, 2.05) is 50.2 Å². The molecule has 164 valence electrons. The first-order valence-electron chi connectivity index (χ1n) is 10.5. The van der Waals surface area contributed by atoms with E-state index in [-0.39, 0.29) is 25.6 Å². The molecule has 1 heterocycles. The number of hydrogen-bond donors (Lipinski definition) is 1. The standard InChI is InChI=1S/C24H28N2O5/c1-4-24(5-2)19-12-11-18(21(27)30-3)15-20(19)26(22(24)28)14-13-25-23(29)31-16-17-9-7-6-8-10-17/h6-12,15H,4-5,13-14,16H2,1-3H3,(H,25,29). The average molecular weight is 424 g/mol. The van der Waals surface area contributed by atoms with Crippen LogP contribution in [0.25, 0.3) is 0 Å². The Morgan fingerprint density at radius 2 is 1.77 bits per heavy atom. The van der Waals surface area contributed by atoms with E-state index in [0.29, 0.717) is 24.1 Å². The molecule has 0 aliphatic carbocycles. The maximum atomic E-state index is 13.3. The van der Waals surface area contributed by atoms with Crippen molar-refractivity contribution >= 4 is 23.7 Å². The van der Waals surface area contributed by atoms with Gasteiger partial charge in [0.05, 0.1) is 18.1 Å². The maximum Gasteiger partial charge on any atom is 0.407 e. The zero-order valence-corrected chi connectivity index (χ0v) is 18.1. The number of nitrogens with zero attached hydrogens (tertiary/aromatic N) is 1. The Labute approximate surface area is 182 Å². The molecular weight excluding hydrogens is 396 g/mol. The van der Waals surface area contributed by atoms with Gasteiger partial charge in [0.1, 0.15) is 6.61 Å². The highest BCUT2D eigenvalue weighted by Crippen LogP contribution is 2.46. The lowest BCUT2D eigenvalue weighted by molar-refractivity contribution is -0.123. The molecule has 31 heavy (non-hydrogen) atoms. The molecule has 1 aliphatic rings. The van der Waals surface area contributed by atoms with Gasteiger partial charge in [0.25, 0.3) is 0 Å². The Balaban J connectivity index is 1.70. The first-order chi connectivity index (χ1) is 15.0. The van der Waals surface area contributed by atoms with E-state index in [9.17, 15) is 14.4 Å². The summed E-state index contributed by atoms with van der Waals surface area (Å²) < 4.78 is 10.0. The number of benzene rings is 2. The van der Waals surface area contributed by atoms with Crippen LogP contribution in [0.3, 0.4) is 0 Å². The van der Waals surface area contributed by atoms with Gasteiger partial charge in [-0.25, -0.2) is 9.59 Å². The van der Waals surface area contributed by atoms with Gasteiger partial charge in [-0.2, -0.15) is 0 Å². The van der Waals surface area contributed by atoms with E-state index in [0.717, 1.165) is 11.1 Å². The highest BCUT2D eigenvalue weighted by atomic mass is 16.5. The van der Waals surface area contributed by atoms with E-state index in [1.165, 1.54) is 7.11 Å². The molecule has 0 saturated carbocycles. The van der Waals surface area contributed by atoms with E-state index < -0.39 is 17.5 Å². The lowest BCUT2D eigenvalue weighted by atomic mass is 9.77. The van der Waals surface area contributed by atoms with Gasteiger partial charge in [0.15, 0.2) is 0 Å². The number of ether oxygens (including phenoxy) is 2. The number of esters is 1. The number of anilines is 1. The fraction of sp³-hybridized carbons (Fsp3) is 0.375. The van der Waals surface area contributed by atoms with Crippen molar-refractivity contribution in [3.63, 3.8) is 0 Å². The van der Waals surface area contributed by atoms with Crippen LogP contribution in [0, 0.1) is 0 Å². The van der Waals surface area contributed by atoms with Crippen molar-refractivity contribution in [2.24, 2.45) is 0 Å². The second kappa shape index (κ2) is 9.64. The highest BCUT2D eigenvalue weighted by Gasteiger charge is 2.48. The predicted octanol–water partition coefficient (Wildman–Crippen LogP) is 3.80.